The highest BCUT2D eigenvalue weighted by atomic mass is 13.7. The van der Waals surface area contributed by atoms with Gasteiger partial charge in [0.2, 0.25) is 0 Å². The second kappa shape index (κ2) is 7.26. The largest absolute Gasteiger partial charge is 0.125 e. The molecule has 0 spiro atoms. The first-order valence-electron chi connectivity index (χ1n) is 3.47. The minimum absolute atomic E-state index is 1.07. The Bertz CT molecular complexity index is 123. The lowest BCUT2D eigenvalue weighted by Gasteiger charge is -1.70. The van der Waals surface area contributed by atoms with Crippen LogP contribution in [0.5, 0.6) is 0 Å². The maximum absolute atomic E-state index is 3.03. The minimum atomic E-state index is 1.07. The zero-order chi connectivity index (χ0) is 6.95. The molecular formula is C9H14. The van der Waals surface area contributed by atoms with Crippen LogP contribution < -0.4 is 0 Å². The van der Waals surface area contributed by atoms with Crippen molar-refractivity contribution in [3.63, 3.8) is 0 Å². The van der Waals surface area contributed by atoms with Crippen molar-refractivity contribution >= 4 is 0 Å². The van der Waals surface area contributed by atoms with Crippen LogP contribution in [0.1, 0.15) is 26.7 Å². The molecule has 0 aromatic rings. The van der Waals surface area contributed by atoms with Crippen molar-refractivity contribution in [1.82, 2.24) is 0 Å². The van der Waals surface area contributed by atoms with Gasteiger partial charge in [-0.25, -0.2) is 0 Å². The van der Waals surface area contributed by atoms with Gasteiger partial charge in [-0.2, -0.15) is 0 Å². The molecule has 0 aromatic carbocycles. The van der Waals surface area contributed by atoms with E-state index in [0.29, 0.717) is 0 Å². The van der Waals surface area contributed by atoms with Gasteiger partial charge in [0.1, 0.15) is 0 Å². The fourth-order valence-corrected chi connectivity index (χ4v) is 0.446. The summed E-state index contributed by atoms with van der Waals surface area (Å²) in [4.78, 5) is 0. The van der Waals surface area contributed by atoms with E-state index in [-0.39, 0.29) is 0 Å². The molecule has 0 atom stereocenters. The van der Waals surface area contributed by atoms with Crippen molar-refractivity contribution in [1.29, 1.82) is 0 Å². The lowest BCUT2D eigenvalue weighted by atomic mass is 10.4. The maximum Gasteiger partial charge on any atom is -0.0206 e. The molecule has 0 heterocycles. The van der Waals surface area contributed by atoms with E-state index in [2.05, 4.69) is 25.7 Å². The highest BCUT2D eigenvalue weighted by molar-refractivity contribution is 5.01. The molecule has 0 saturated carbocycles. The third-order valence-corrected chi connectivity index (χ3v) is 0.886. The summed E-state index contributed by atoms with van der Waals surface area (Å²) in [7, 11) is 0. The zero-order valence-corrected chi connectivity index (χ0v) is 6.22. The van der Waals surface area contributed by atoms with Gasteiger partial charge in [0.05, 0.1) is 0 Å². The minimum Gasteiger partial charge on any atom is -0.125 e. The van der Waals surface area contributed by atoms with Crippen molar-refractivity contribution in [2.75, 3.05) is 0 Å². The molecule has 0 amide bonds. The van der Waals surface area contributed by atoms with Crippen LogP contribution in [0.25, 0.3) is 0 Å². The molecule has 0 radical (unpaired) electrons. The Kier molecular flexibility index (Phi) is 6.66. The van der Waals surface area contributed by atoms with Crippen molar-refractivity contribution < 1.29 is 0 Å². The number of hydrogen-bond donors (Lipinski definition) is 0. The highest BCUT2D eigenvalue weighted by Gasteiger charge is 1.59. The fraction of sp³-hybridized carbons (Fsp3) is 0.444. The summed E-state index contributed by atoms with van der Waals surface area (Å²) in [6.07, 6.45) is 10.2. The van der Waals surface area contributed by atoms with E-state index in [0.717, 1.165) is 12.8 Å². The molecular weight excluding hydrogens is 108 g/mol. The van der Waals surface area contributed by atoms with E-state index in [4.69, 9.17) is 0 Å². The predicted octanol–water partition coefficient (Wildman–Crippen LogP) is 3.07. The number of rotatable bonds is 3. The molecule has 0 nitrogen and oxygen atoms in total. The van der Waals surface area contributed by atoms with Gasteiger partial charge in [0, 0.05) is 0 Å². The summed E-state index contributed by atoms with van der Waals surface area (Å²) < 4.78 is 0. The van der Waals surface area contributed by atoms with E-state index >= 15 is 0 Å². The van der Waals surface area contributed by atoms with Gasteiger partial charge in [0.25, 0.3) is 0 Å². The summed E-state index contributed by atoms with van der Waals surface area (Å²) in [6.45, 7) is 4.22. The number of hydrogen-bond acceptors (Lipinski definition) is 0. The van der Waals surface area contributed by atoms with Gasteiger partial charge in [-0.15, -0.1) is 5.73 Å². The molecule has 0 N–H and O–H groups in total. The van der Waals surface area contributed by atoms with Crippen molar-refractivity contribution in [2.45, 2.75) is 26.7 Å². The first-order valence-corrected chi connectivity index (χ1v) is 3.47. The van der Waals surface area contributed by atoms with Crippen LogP contribution in [0.15, 0.2) is 30.0 Å². The van der Waals surface area contributed by atoms with E-state index in [1.165, 1.54) is 0 Å². The SMILES string of the molecule is CCC=C=CC=CCC. The first-order chi connectivity index (χ1) is 4.41. The van der Waals surface area contributed by atoms with Crippen molar-refractivity contribution in [3.8, 4) is 0 Å². The van der Waals surface area contributed by atoms with E-state index < -0.39 is 0 Å². The molecule has 0 bridgehead atoms. The Labute approximate surface area is 57.6 Å². The molecule has 0 rings (SSSR count). The predicted molar refractivity (Wildman–Crippen MR) is 42.4 cm³/mol. The van der Waals surface area contributed by atoms with Gasteiger partial charge < -0.3 is 0 Å². The van der Waals surface area contributed by atoms with Crippen LogP contribution >= 0.6 is 0 Å². The Morgan fingerprint density at radius 2 is 2.00 bits per heavy atom. The maximum atomic E-state index is 3.03. The van der Waals surface area contributed by atoms with Crippen molar-refractivity contribution in [3.05, 3.63) is 30.0 Å². The summed E-state index contributed by atoms with van der Waals surface area (Å²) in [6, 6.07) is 0. The lowest BCUT2D eigenvalue weighted by molar-refractivity contribution is 1.22. The number of allylic oxidation sites excluding steroid dienone is 3. The molecule has 0 aliphatic rings. The van der Waals surface area contributed by atoms with E-state index in [1.54, 1.807) is 0 Å². The third kappa shape index (κ3) is 7.26. The Morgan fingerprint density at radius 1 is 1.22 bits per heavy atom. The average Bonchev–Trinajstić information content (AvgIpc) is 1.89. The Hall–Kier alpha value is -0.740. The molecule has 0 aromatic heterocycles. The summed E-state index contributed by atoms with van der Waals surface area (Å²) in [5.41, 5.74) is 3.03. The molecule has 0 unspecified atom stereocenters. The van der Waals surface area contributed by atoms with Crippen LogP contribution in [0.4, 0.5) is 0 Å². The normalized spacial score (nSPS) is 9.11. The van der Waals surface area contributed by atoms with Gasteiger partial charge in [-0.05, 0) is 25.0 Å². The van der Waals surface area contributed by atoms with Crippen LogP contribution in [0.2, 0.25) is 0 Å². The molecule has 9 heavy (non-hydrogen) atoms. The highest BCUT2D eigenvalue weighted by Crippen LogP contribution is 1.80. The molecule has 0 saturated heterocycles. The third-order valence-electron chi connectivity index (χ3n) is 0.886. The topological polar surface area (TPSA) is 0 Å². The quantitative estimate of drug-likeness (QED) is 0.398. The molecule has 50 valence electrons. The Morgan fingerprint density at radius 3 is 2.56 bits per heavy atom. The summed E-state index contributed by atoms with van der Waals surface area (Å²) in [5, 5.41) is 0. The molecule has 0 aliphatic carbocycles. The summed E-state index contributed by atoms with van der Waals surface area (Å²) in [5.74, 6) is 0. The van der Waals surface area contributed by atoms with Gasteiger partial charge in [-0.3, -0.25) is 0 Å². The van der Waals surface area contributed by atoms with Gasteiger partial charge in [-0.1, -0.05) is 26.0 Å². The van der Waals surface area contributed by atoms with E-state index in [1.807, 2.05) is 18.2 Å². The van der Waals surface area contributed by atoms with Crippen LogP contribution in [-0.4, -0.2) is 0 Å². The van der Waals surface area contributed by atoms with Crippen LogP contribution in [0.3, 0.4) is 0 Å². The van der Waals surface area contributed by atoms with Crippen LogP contribution in [0, 0.1) is 0 Å². The molecule has 0 fully saturated rings. The average molecular weight is 122 g/mol. The molecule has 0 aliphatic heterocycles. The summed E-state index contributed by atoms with van der Waals surface area (Å²) >= 11 is 0. The van der Waals surface area contributed by atoms with Gasteiger partial charge >= 0.3 is 0 Å². The van der Waals surface area contributed by atoms with E-state index in [9.17, 15) is 0 Å². The monoisotopic (exact) mass is 122 g/mol. The Balaban J connectivity index is 3.46. The second-order valence-corrected chi connectivity index (χ2v) is 1.78. The standard InChI is InChI=1S/C9H14/c1-3-5-7-9-8-6-4-2/h5-7,9H,3-4H2,1-2H3. The lowest BCUT2D eigenvalue weighted by Crippen LogP contribution is -1.49. The van der Waals surface area contributed by atoms with Crippen LogP contribution in [-0.2, 0) is 0 Å². The van der Waals surface area contributed by atoms with Gasteiger partial charge in [0.15, 0.2) is 0 Å². The smallest absolute Gasteiger partial charge is 0.0206 e. The molecule has 0 heteroatoms. The first kappa shape index (κ1) is 8.26. The van der Waals surface area contributed by atoms with Crippen molar-refractivity contribution in [2.24, 2.45) is 0 Å². The fourth-order valence-electron chi connectivity index (χ4n) is 0.446. The second-order valence-electron chi connectivity index (χ2n) is 1.78. The zero-order valence-electron chi connectivity index (χ0n) is 6.22.